The second-order valence-electron chi connectivity index (χ2n) is 8.95. The number of aromatic nitrogens is 2. The molecule has 5 rings (SSSR count). The molecule has 1 atom stereocenters. The maximum absolute atomic E-state index is 12.9. The van der Waals surface area contributed by atoms with Crippen LogP contribution in [-0.2, 0) is 14.6 Å². The van der Waals surface area contributed by atoms with Gasteiger partial charge >= 0.3 is 0 Å². The first-order chi connectivity index (χ1) is 16.5. The summed E-state index contributed by atoms with van der Waals surface area (Å²) in [5.74, 6) is 1.10. The first kappa shape index (κ1) is 22.8. The van der Waals surface area contributed by atoms with Crippen molar-refractivity contribution in [2.75, 3.05) is 49.5 Å². The minimum atomic E-state index is -2.88. The number of hydrogen-bond donors (Lipinski definition) is 1. The molecule has 8 nitrogen and oxygen atoms in total. The molecule has 2 saturated heterocycles. The quantitative estimate of drug-likeness (QED) is 0.584. The van der Waals surface area contributed by atoms with Gasteiger partial charge in [-0.15, -0.1) is 0 Å². The average Bonchev–Trinajstić information content (AvgIpc) is 3.43. The molecule has 2 aliphatic heterocycles. The summed E-state index contributed by atoms with van der Waals surface area (Å²) in [7, 11) is -2.88. The Kier molecular flexibility index (Phi) is 6.49. The van der Waals surface area contributed by atoms with Crippen LogP contribution in [0.4, 0.5) is 5.82 Å². The molecule has 34 heavy (non-hydrogen) atoms. The zero-order chi connectivity index (χ0) is 23.5. The molecule has 3 aromatic rings. The molecule has 1 unspecified atom stereocenters. The molecule has 2 aromatic carbocycles. The fourth-order valence-electron chi connectivity index (χ4n) is 4.72. The van der Waals surface area contributed by atoms with E-state index in [1.54, 1.807) is 4.68 Å². The van der Waals surface area contributed by atoms with Gasteiger partial charge in [0, 0.05) is 43.9 Å². The van der Waals surface area contributed by atoms with E-state index in [4.69, 9.17) is 5.10 Å². The molecule has 1 aromatic heterocycles. The van der Waals surface area contributed by atoms with Crippen LogP contribution in [0.1, 0.15) is 6.42 Å². The van der Waals surface area contributed by atoms with Gasteiger partial charge in [0.1, 0.15) is 5.82 Å². The summed E-state index contributed by atoms with van der Waals surface area (Å²) in [6.07, 6.45) is 0.718. The van der Waals surface area contributed by atoms with Gasteiger partial charge in [0.05, 0.1) is 29.4 Å². The van der Waals surface area contributed by atoms with Crippen LogP contribution in [0.25, 0.3) is 16.9 Å². The van der Waals surface area contributed by atoms with E-state index in [0.717, 1.165) is 49.5 Å². The lowest BCUT2D eigenvalue weighted by atomic mass is 10.1. The smallest absolute Gasteiger partial charge is 0.239 e. The number of carbonyl (C=O) groups is 1. The zero-order valence-corrected chi connectivity index (χ0v) is 19.8. The summed E-state index contributed by atoms with van der Waals surface area (Å²) in [5, 5.41) is 7.80. The van der Waals surface area contributed by atoms with E-state index < -0.39 is 9.84 Å². The van der Waals surface area contributed by atoms with Crippen LogP contribution in [0.5, 0.6) is 0 Å². The minimum Gasteiger partial charge on any atom is -0.309 e. The van der Waals surface area contributed by atoms with Crippen LogP contribution in [0.2, 0.25) is 0 Å². The largest absolute Gasteiger partial charge is 0.309 e. The maximum atomic E-state index is 12.9. The van der Waals surface area contributed by atoms with Gasteiger partial charge < -0.3 is 5.32 Å². The summed E-state index contributed by atoms with van der Waals surface area (Å²) in [4.78, 5) is 17.3. The third-order valence-corrected chi connectivity index (χ3v) is 8.30. The van der Waals surface area contributed by atoms with Crippen LogP contribution < -0.4 is 5.32 Å². The summed E-state index contributed by atoms with van der Waals surface area (Å²) in [5.41, 5.74) is 2.65. The van der Waals surface area contributed by atoms with Gasteiger partial charge in [0.25, 0.3) is 0 Å². The molecular weight excluding hydrogens is 450 g/mol. The van der Waals surface area contributed by atoms with Gasteiger partial charge in [-0.3, -0.25) is 14.6 Å². The van der Waals surface area contributed by atoms with Crippen molar-refractivity contribution < 1.29 is 13.2 Å². The van der Waals surface area contributed by atoms with Gasteiger partial charge in [-0.05, 0) is 18.6 Å². The third kappa shape index (κ3) is 5.22. The fraction of sp³-hybridized carbons (Fsp3) is 0.360. The highest BCUT2D eigenvalue weighted by Gasteiger charge is 2.33. The summed E-state index contributed by atoms with van der Waals surface area (Å²) < 4.78 is 25.3. The highest BCUT2D eigenvalue weighted by Crippen LogP contribution is 2.25. The Morgan fingerprint density at radius 3 is 2.29 bits per heavy atom. The molecule has 0 radical (unpaired) electrons. The number of anilines is 1. The Morgan fingerprint density at radius 1 is 0.971 bits per heavy atom. The van der Waals surface area contributed by atoms with Gasteiger partial charge in [0.15, 0.2) is 9.84 Å². The summed E-state index contributed by atoms with van der Waals surface area (Å²) in [6, 6.07) is 21.7. The monoisotopic (exact) mass is 479 g/mol. The molecule has 0 bridgehead atoms. The molecular formula is C25H29N5O3S. The van der Waals surface area contributed by atoms with Crippen molar-refractivity contribution >= 4 is 21.6 Å². The molecule has 1 amide bonds. The van der Waals surface area contributed by atoms with Crippen LogP contribution in [-0.4, -0.2) is 84.2 Å². The number of piperazine rings is 1. The molecule has 9 heteroatoms. The normalized spacial score (nSPS) is 20.9. The molecule has 178 valence electrons. The lowest BCUT2D eigenvalue weighted by molar-refractivity contribution is -0.117. The van der Waals surface area contributed by atoms with Crippen molar-refractivity contribution in [1.82, 2.24) is 19.6 Å². The summed E-state index contributed by atoms with van der Waals surface area (Å²) in [6.45, 7) is 3.35. The molecule has 1 N–H and O–H groups in total. The molecule has 2 fully saturated rings. The third-order valence-electron chi connectivity index (χ3n) is 6.55. The highest BCUT2D eigenvalue weighted by molar-refractivity contribution is 7.91. The number of rotatable bonds is 6. The average molecular weight is 480 g/mol. The topological polar surface area (TPSA) is 87.5 Å². The number of nitrogens with one attached hydrogen (secondary N) is 1. The predicted octanol–water partition coefficient (Wildman–Crippen LogP) is 2.28. The van der Waals surface area contributed by atoms with E-state index in [1.165, 1.54) is 0 Å². The Morgan fingerprint density at radius 2 is 1.65 bits per heavy atom. The molecule has 0 saturated carbocycles. The Bertz CT molecular complexity index is 1240. The number of nitrogens with zero attached hydrogens (tertiary/aromatic N) is 4. The van der Waals surface area contributed by atoms with E-state index in [9.17, 15) is 13.2 Å². The van der Waals surface area contributed by atoms with Gasteiger partial charge in [-0.1, -0.05) is 48.5 Å². The lowest BCUT2D eigenvalue weighted by Crippen LogP contribution is -2.52. The molecule has 3 heterocycles. The number of sulfone groups is 1. The predicted molar refractivity (Wildman–Crippen MR) is 133 cm³/mol. The van der Waals surface area contributed by atoms with Crippen molar-refractivity contribution in [2.45, 2.75) is 12.5 Å². The summed E-state index contributed by atoms with van der Waals surface area (Å²) >= 11 is 0. The van der Waals surface area contributed by atoms with E-state index in [1.807, 2.05) is 66.7 Å². The van der Waals surface area contributed by atoms with E-state index in [-0.39, 0.29) is 24.2 Å². The SMILES string of the molecule is O=C(CN1CCN(C2CCS(=O)(=O)C2)CC1)Nc1cc(-c2ccccc2)nn1-c1ccccc1. The van der Waals surface area contributed by atoms with Gasteiger partial charge in [-0.2, -0.15) is 5.10 Å². The van der Waals surface area contributed by atoms with Crippen LogP contribution in [0, 0.1) is 0 Å². The van der Waals surface area contributed by atoms with Crippen molar-refractivity contribution in [3.8, 4) is 16.9 Å². The highest BCUT2D eigenvalue weighted by atomic mass is 32.2. The van der Waals surface area contributed by atoms with Crippen molar-refractivity contribution in [3.05, 3.63) is 66.7 Å². The maximum Gasteiger partial charge on any atom is 0.239 e. The van der Waals surface area contributed by atoms with Crippen molar-refractivity contribution in [2.24, 2.45) is 0 Å². The number of para-hydroxylation sites is 1. The Hall–Kier alpha value is -3.01. The zero-order valence-electron chi connectivity index (χ0n) is 19.0. The second-order valence-corrected chi connectivity index (χ2v) is 11.2. The Labute approximate surface area is 200 Å². The van der Waals surface area contributed by atoms with Gasteiger partial charge in [0.2, 0.25) is 5.91 Å². The van der Waals surface area contributed by atoms with E-state index in [0.29, 0.717) is 11.6 Å². The Balaban J connectivity index is 1.24. The van der Waals surface area contributed by atoms with Crippen molar-refractivity contribution in [3.63, 3.8) is 0 Å². The number of carbonyl (C=O) groups excluding carboxylic acids is 1. The van der Waals surface area contributed by atoms with E-state index >= 15 is 0 Å². The number of hydrogen-bond acceptors (Lipinski definition) is 6. The minimum absolute atomic E-state index is 0.0893. The first-order valence-electron chi connectivity index (χ1n) is 11.6. The molecule has 2 aliphatic rings. The van der Waals surface area contributed by atoms with Gasteiger partial charge in [-0.25, -0.2) is 13.1 Å². The van der Waals surface area contributed by atoms with Crippen LogP contribution >= 0.6 is 0 Å². The lowest BCUT2D eigenvalue weighted by Gasteiger charge is -2.37. The van der Waals surface area contributed by atoms with E-state index in [2.05, 4.69) is 15.1 Å². The van der Waals surface area contributed by atoms with Crippen molar-refractivity contribution in [1.29, 1.82) is 0 Å². The first-order valence-corrected chi connectivity index (χ1v) is 13.5. The van der Waals surface area contributed by atoms with Crippen LogP contribution in [0.3, 0.4) is 0 Å². The molecule has 0 aliphatic carbocycles. The number of benzene rings is 2. The second kappa shape index (κ2) is 9.69. The van der Waals surface area contributed by atoms with Crippen LogP contribution in [0.15, 0.2) is 66.7 Å². The number of amides is 1. The fourth-order valence-corrected chi connectivity index (χ4v) is 6.48. The standard InChI is InChI=1S/C25H29N5O3S/c31-25(18-28-12-14-29(15-13-28)22-11-16-34(32,33)19-22)26-24-17-23(20-7-3-1-4-8-20)27-30(24)21-9-5-2-6-10-21/h1-10,17,22H,11-16,18-19H2,(H,26,31). The molecule has 0 spiro atoms.